The zero-order valence-corrected chi connectivity index (χ0v) is 45.4. The first-order valence-electron chi connectivity index (χ1n) is 25.6. The van der Waals surface area contributed by atoms with Crippen LogP contribution in [0.4, 0.5) is 4.79 Å². The quantitative estimate of drug-likeness (QED) is 0.0241. The minimum Gasteiger partial charge on any atom is -0.481 e. The Bertz CT molecular complexity index is 2200. The monoisotopic (exact) mass is 1120 g/mol. The molecule has 444 valence electrons. The number of esters is 1. The van der Waals surface area contributed by atoms with E-state index in [4.69, 9.17) is 10.2 Å². The number of carboxylic acids is 6. The van der Waals surface area contributed by atoms with Gasteiger partial charge in [0, 0.05) is 71.6 Å². The highest BCUT2D eigenvalue weighted by Gasteiger charge is 2.41. The Kier molecular flexibility index (Phi) is 32.6. The van der Waals surface area contributed by atoms with Gasteiger partial charge in [0.25, 0.3) is 0 Å². The van der Waals surface area contributed by atoms with Crippen molar-refractivity contribution in [1.29, 1.82) is 0 Å². The van der Waals surface area contributed by atoms with E-state index in [9.17, 15) is 78.0 Å². The summed E-state index contributed by atoms with van der Waals surface area (Å²) in [5.74, 6) is -10.2. The van der Waals surface area contributed by atoms with E-state index in [1.54, 1.807) is 54.0 Å². The Hall–Kier alpha value is -7.18. The number of ketones is 2. The molecule has 0 aliphatic carbocycles. The molecule has 0 heterocycles. The average Bonchev–Trinajstić information content (AvgIpc) is 3.37. The number of carbonyl (C=O) groups excluding carboxylic acids is 6. The van der Waals surface area contributed by atoms with Crippen LogP contribution in [0.3, 0.4) is 0 Å². The van der Waals surface area contributed by atoms with Gasteiger partial charge in [0.1, 0.15) is 18.1 Å². The molecule has 4 atom stereocenters. The zero-order valence-electron chi connectivity index (χ0n) is 45.4. The molecule has 0 saturated carbocycles. The van der Waals surface area contributed by atoms with Crippen molar-refractivity contribution < 1.29 is 92.9 Å². The van der Waals surface area contributed by atoms with E-state index in [-0.39, 0.29) is 129 Å². The topological polar surface area (TPSA) is 438 Å². The number of unbranched alkanes of at least 4 members (excludes halogenated alkanes) is 1. The van der Waals surface area contributed by atoms with Gasteiger partial charge in [-0.1, -0.05) is 30.3 Å². The van der Waals surface area contributed by atoms with E-state index >= 15 is 0 Å². The first-order valence-corrected chi connectivity index (χ1v) is 25.6. The van der Waals surface area contributed by atoms with Crippen molar-refractivity contribution in [2.24, 2.45) is 0 Å². The van der Waals surface area contributed by atoms with E-state index in [1.165, 1.54) is 21.0 Å². The third kappa shape index (κ3) is 31.1. The molecule has 1 rings (SSSR count). The Morgan fingerprint density at radius 1 is 0.532 bits per heavy atom. The van der Waals surface area contributed by atoms with Crippen molar-refractivity contribution in [3.63, 3.8) is 0 Å². The Morgan fingerprint density at radius 3 is 1.57 bits per heavy atom. The van der Waals surface area contributed by atoms with Gasteiger partial charge in [-0.25, -0.2) is 14.4 Å². The lowest BCUT2D eigenvalue weighted by atomic mass is 9.86. The van der Waals surface area contributed by atoms with Gasteiger partial charge in [-0.15, -0.1) is 0 Å². The van der Waals surface area contributed by atoms with Crippen LogP contribution in [0.25, 0.3) is 0 Å². The maximum atomic E-state index is 14.6. The number of hydrogen-bond donors (Lipinski definition) is 14. The van der Waals surface area contributed by atoms with Crippen molar-refractivity contribution >= 4 is 71.2 Å². The number of amides is 4. The summed E-state index contributed by atoms with van der Waals surface area (Å²) in [6.45, 7) is 6.24. The number of ether oxygens (including phenoxy) is 1. The predicted molar refractivity (Wildman–Crippen MR) is 281 cm³/mol. The highest BCUT2D eigenvalue weighted by molar-refractivity contribution is 5.95. The molecule has 0 bridgehead atoms. The fourth-order valence-corrected chi connectivity index (χ4v) is 7.72. The van der Waals surface area contributed by atoms with Gasteiger partial charge in [-0.3, -0.25) is 63.6 Å². The lowest BCUT2D eigenvalue weighted by Crippen LogP contribution is -2.64. The van der Waals surface area contributed by atoms with Crippen LogP contribution >= 0.6 is 0 Å². The van der Waals surface area contributed by atoms with Crippen LogP contribution in [0.5, 0.6) is 0 Å². The number of methoxy groups -OCH3 is 1. The molecule has 0 aliphatic rings. The minimum atomic E-state index is -1.57. The summed E-state index contributed by atoms with van der Waals surface area (Å²) in [7, 11) is 1.24. The van der Waals surface area contributed by atoms with Crippen LogP contribution in [0.2, 0.25) is 0 Å². The first-order chi connectivity index (χ1) is 37.1. The Morgan fingerprint density at radius 2 is 1.05 bits per heavy atom. The lowest BCUT2D eigenvalue weighted by molar-refractivity contribution is -0.142. The Balaban J connectivity index is 2.95. The molecule has 0 fully saturated rings. The summed E-state index contributed by atoms with van der Waals surface area (Å²) in [5.41, 5.74) is -2.23. The molecule has 1 aromatic carbocycles. The number of carbonyl (C=O) groups is 12. The number of Topliss-reactive ketones (excluding diaryl/α,β-unsaturated/α-hetero) is 2. The van der Waals surface area contributed by atoms with Crippen LogP contribution in [0.1, 0.15) is 84.6 Å². The molecule has 0 saturated heterocycles. The fraction of sp³-hybridized carbons (Fsp3) is 0.640. The van der Waals surface area contributed by atoms with Crippen LogP contribution in [-0.2, 0) is 63.9 Å². The molecule has 0 aliphatic heterocycles. The SMILES string of the molecule is COC(=O)CNCCN(CCN(CCNCC(=O)O)CC(=O)C(C)(C)NC(Cc1ccccc1)C(=O)C(C)(C)N[C@H](CCNC(=O)CCC(=O)NCCCC[C@H](NC(=O)NC(CCC(=O)O)C(=O)O)C(=O)O)C(=O)O)CC(=O)O. The lowest BCUT2D eigenvalue weighted by Gasteiger charge is -2.37. The number of nitrogens with one attached hydrogen (secondary N) is 8. The summed E-state index contributed by atoms with van der Waals surface area (Å²) in [6, 6.07) is 2.34. The predicted octanol–water partition coefficient (Wildman–Crippen LogP) is -2.31. The van der Waals surface area contributed by atoms with E-state index in [0.717, 1.165) is 5.56 Å². The number of urea groups is 1. The van der Waals surface area contributed by atoms with Crippen LogP contribution < -0.4 is 42.5 Å². The van der Waals surface area contributed by atoms with Gasteiger partial charge >= 0.3 is 47.8 Å². The van der Waals surface area contributed by atoms with Gasteiger partial charge < -0.3 is 67.3 Å². The molecule has 0 radical (unpaired) electrons. The van der Waals surface area contributed by atoms with E-state index in [2.05, 4.69) is 42.0 Å². The molecule has 29 heteroatoms. The molecule has 0 spiro atoms. The van der Waals surface area contributed by atoms with Crippen LogP contribution in [0.15, 0.2) is 30.3 Å². The number of benzene rings is 1. The number of carboxylic acid groups (broad SMARTS) is 6. The molecular weight excluding hydrogens is 1040 g/mol. The number of hydrogen-bond acceptors (Lipinski definition) is 19. The fourth-order valence-electron chi connectivity index (χ4n) is 7.72. The van der Waals surface area contributed by atoms with Gasteiger partial charge in [0.15, 0.2) is 11.6 Å². The van der Waals surface area contributed by atoms with Crippen molar-refractivity contribution in [3.8, 4) is 0 Å². The summed E-state index contributed by atoms with van der Waals surface area (Å²) in [6.07, 6.45) is -1.24. The zero-order chi connectivity index (χ0) is 59.7. The van der Waals surface area contributed by atoms with Crippen LogP contribution in [0, 0.1) is 0 Å². The molecule has 14 N–H and O–H groups in total. The second-order valence-corrected chi connectivity index (χ2v) is 19.5. The van der Waals surface area contributed by atoms with Crippen molar-refractivity contribution in [2.75, 3.05) is 85.6 Å². The highest BCUT2D eigenvalue weighted by atomic mass is 16.5. The van der Waals surface area contributed by atoms with Gasteiger partial charge in [-0.2, -0.15) is 0 Å². The van der Waals surface area contributed by atoms with Gasteiger partial charge in [0.2, 0.25) is 11.8 Å². The summed E-state index contributed by atoms with van der Waals surface area (Å²) >= 11 is 0. The third-order valence-corrected chi connectivity index (χ3v) is 12.2. The second kappa shape index (κ2) is 36.8. The van der Waals surface area contributed by atoms with Crippen LogP contribution in [-0.4, -0.2) is 233 Å². The summed E-state index contributed by atoms with van der Waals surface area (Å²) < 4.78 is 4.61. The standard InChI is InChI=1S/C50H80N10O19/c1-49(2,37(61)30-59(23-21-51-28-41(66)67)25-26-60(31-42(68)69)24-22-52-29-43(70)79-5)58-36(27-32-11-7-6-8-12-32)44(71)50(3,4)57-35(47(76)77)18-20-54-39(63)16-15-38(62)53-19-10-9-13-33(45(72)73)55-48(78)56-34(46(74)75)14-17-40(64)65/h6-8,11-12,33-36,51-52,57-58H,9-10,13-31H2,1-5H3,(H,53,62)(H,54,63)(H,64,65)(H,66,67)(H,68,69)(H,72,73)(H,74,75)(H,76,77)(H2,55,56,78)/t33-,34?,35+,36?/m0/s1. The van der Waals surface area contributed by atoms with Crippen molar-refractivity contribution in [3.05, 3.63) is 35.9 Å². The highest BCUT2D eigenvalue weighted by Crippen LogP contribution is 2.18. The maximum Gasteiger partial charge on any atom is 0.326 e. The normalized spacial score (nSPS) is 13.1. The molecule has 2 unspecified atom stereocenters. The molecule has 79 heavy (non-hydrogen) atoms. The molecule has 4 amide bonds. The Labute approximate surface area is 457 Å². The minimum absolute atomic E-state index is 0.0812. The number of rotatable bonds is 45. The van der Waals surface area contributed by atoms with E-state index < -0.39 is 114 Å². The third-order valence-electron chi connectivity index (χ3n) is 12.2. The second-order valence-electron chi connectivity index (χ2n) is 19.5. The molecule has 0 aromatic heterocycles. The summed E-state index contributed by atoms with van der Waals surface area (Å²) in [5, 5.41) is 77.5. The average molecular weight is 1130 g/mol. The molecule has 1 aromatic rings. The van der Waals surface area contributed by atoms with E-state index in [0.29, 0.717) is 0 Å². The largest absolute Gasteiger partial charge is 0.481 e. The van der Waals surface area contributed by atoms with Gasteiger partial charge in [0.05, 0.1) is 50.4 Å². The summed E-state index contributed by atoms with van der Waals surface area (Å²) in [4.78, 5) is 150. The molecular formula is C50H80N10O19. The number of nitrogens with zero attached hydrogens (tertiary/aromatic N) is 2. The van der Waals surface area contributed by atoms with Crippen molar-refractivity contribution in [2.45, 2.75) is 121 Å². The maximum absolute atomic E-state index is 14.6. The number of aliphatic carboxylic acids is 6. The molecule has 29 nitrogen and oxygen atoms in total. The van der Waals surface area contributed by atoms with Gasteiger partial charge in [-0.05, 0) is 71.8 Å². The smallest absolute Gasteiger partial charge is 0.326 e. The first kappa shape index (κ1) is 69.8. The van der Waals surface area contributed by atoms with Crippen molar-refractivity contribution in [1.82, 2.24) is 52.3 Å². The van der Waals surface area contributed by atoms with E-state index in [1.807, 2.05) is 5.32 Å².